The Morgan fingerprint density at radius 3 is 2.56 bits per heavy atom. The third-order valence-electron chi connectivity index (χ3n) is 6.39. The Bertz CT molecular complexity index is 1210. The Balaban J connectivity index is 1.67. The van der Waals surface area contributed by atoms with E-state index in [0.717, 1.165) is 12.1 Å². The molecule has 13 nitrogen and oxygen atoms in total. The van der Waals surface area contributed by atoms with E-state index in [0.29, 0.717) is 31.8 Å². The Labute approximate surface area is 222 Å². The average molecular weight is 579 g/mol. The number of halogens is 3. The van der Waals surface area contributed by atoms with E-state index in [2.05, 4.69) is 20.5 Å². The molecule has 1 unspecified atom stereocenters. The van der Waals surface area contributed by atoms with Crippen LogP contribution in [0.1, 0.15) is 18.9 Å². The second-order valence-electron chi connectivity index (χ2n) is 9.20. The van der Waals surface area contributed by atoms with E-state index < -0.39 is 74.5 Å². The van der Waals surface area contributed by atoms with Crippen LogP contribution in [0.5, 0.6) is 0 Å². The average Bonchev–Trinajstić information content (AvgIpc) is 3.61. The summed E-state index contributed by atoms with van der Waals surface area (Å²) in [5.41, 5.74) is -2.70. The minimum absolute atomic E-state index is 0.0869. The van der Waals surface area contributed by atoms with Gasteiger partial charge in [0.2, 0.25) is 15.9 Å². The number of hydrogen-bond acceptors (Lipinski definition) is 9. The van der Waals surface area contributed by atoms with E-state index >= 15 is 0 Å². The summed E-state index contributed by atoms with van der Waals surface area (Å²) in [5, 5.41) is 17.8. The van der Waals surface area contributed by atoms with Crippen molar-refractivity contribution in [3.8, 4) is 0 Å². The van der Waals surface area contributed by atoms with Crippen LogP contribution in [0.25, 0.3) is 0 Å². The molecular formula is C22H29F3N6O7S. The zero-order valence-electron chi connectivity index (χ0n) is 20.8. The van der Waals surface area contributed by atoms with Crippen molar-refractivity contribution in [1.82, 2.24) is 20.3 Å². The molecule has 1 saturated heterocycles. The number of rotatable bonds is 12. The molecule has 3 rings (SSSR count). The molecule has 17 heteroatoms. The quantitative estimate of drug-likeness (QED) is 0.0898. The lowest BCUT2D eigenvalue weighted by atomic mass is 10.0. The van der Waals surface area contributed by atoms with E-state index in [9.17, 15) is 36.0 Å². The third kappa shape index (κ3) is 7.43. The number of aliphatic carboxylic acids is 1. The van der Waals surface area contributed by atoms with Gasteiger partial charge < -0.3 is 25.9 Å². The zero-order chi connectivity index (χ0) is 29.0. The molecule has 0 spiro atoms. The van der Waals surface area contributed by atoms with Gasteiger partial charge in [-0.3, -0.25) is 19.7 Å². The van der Waals surface area contributed by atoms with Crippen molar-refractivity contribution >= 4 is 34.0 Å². The number of nitrogens with zero attached hydrogens (tertiary/aromatic N) is 2. The van der Waals surface area contributed by atoms with Gasteiger partial charge in [-0.25, -0.2) is 13.1 Å². The Morgan fingerprint density at radius 2 is 1.97 bits per heavy atom. The van der Waals surface area contributed by atoms with Crippen molar-refractivity contribution in [2.45, 2.75) is 42.1 Å². The van der Waals surface area contributed by atoms with Gasteiger partial charge in [0.05, 0.1) is 47.2 Å². The van der Waals surface area contributed by atoms with Gasteiger partial charge in [-0.05, 0) is 37.6 Å². The van der Waals surface area contributed by atoms with Crippen LogP contribution < -0.4 is 21.2 Å². The lowest BCUT2D eigenvalue weighted by molar-refractivity contribution is -0.138. The number of carbonyl (C=O) groups excluding carboxylic acids is 2. The molecule has 1 amide bonds. The van der Waals surface area contributed by atoms with E-state index in [4.69, 9.17) is 15.7 Å². The fourth-order valence-corrected chi connectivity index (χ4v) is 5.54. The molecule has 216 valence electrons. The number of ketones is 1. The summed E-state index contributed by atoms with van der Waals surface area (Å²) in [6.07, 6.45) is -3.71. The van der Waals surface area contributed by atoms with Gasteiger partial charge >= 0.3 is 12.1 Å². The molecule has 1 aromatic carbocycles. The van der Waals surface area contributed by atoms with Crippen molar-refractivity contribution in [2.24, 2.45) is 16.9 Å². The largest absolute Gasteiger partial charge is 0.480 e. The number of carboxylic acid groups (broad SMARTS) is 1. The molecule has 1 aromatic rings. The summed E-state index contributed by atoms with van der Waals surface area (Å²) in [5.74, 6) is 1.50. The van der Waals surface area contributed by atoms with Crippen molar-refractivity contribution in [2.75, 3.05) is 32.8 Å². The Morgan fingerprint density at radius 1 is 1.31 bits per heavy atom. The lowest BCUT2D eigenvalue weighted by Crippen LogP contribution is -2.54. The maximum absolute atomic E-state index is 13.3. The highest BCUT2D eigenvalue weighted by Crippen LogP contribution is 2.45. The van der Waals surface area contributed by atoms with Gasteiger partial charge in [-0.2, -0.15) is 18.3 Å². The minimum atomic E-state index is -4.66. The molecule has 2 fully saturated rings. The maximum Gasteiger partial charge on any atom is 0.416 e. The predicted octanol–water partition coefficient (Wildman–Crippen LogP) is -0.907. The number of alkyl halides is 3. The molecule has 0 radical (unpaired) electrons. The third-order valence-corrected chi connectivity index (χ3v) is 7.95. The SMILES string of the molecule is C[C@H](NS(=O)(=O)c1ccc(C(F)(F)F)cc1)C(=O)C1(NCC(=O)O)C[C@@H]1C(=O)NC[C@@H]1CN(C=NN)CCO1. The normalized spacial score (nSPS) is 24.4. The molecule has 0 bridgehead atoms. The molecule has 0 aromatic heterocycles. The topological polar surface area (TPSA) is 193 Å². The zero-order valence-corrected chi connectivity index (χ0v) is 21.6. The van der Waals surface area contributed by atoms with E-state index in [1.807, 2.05) is 0 Å². The summed E-state index contributed by atoms with van der Waals surface area (Å²) in [6, 6.07) is 1.25. The number of benzene rings is 1. The summed E-state index contributed by atoms with van der Waals surface area (Å²) in [6.45, 7) is 1.94. The number of carbonyl (C=O) groups is 3. The molecule has 6 N–H and O–H groups in total. The first-order chi connectivity index (χ1) is 18.2. The Kier molecular flexibility index (Phi) is 9.20. The number of morpholine rings is 1. The molecule has 39 heavy (non-hydrogen) atoms. The molecule has 1 heterocycles. The number of Topliss-reactive ketones (excluding diaryl/α,β-unsaturated/α-hetero) is 1. The predicted molar refractivity (Wildman–Crippen MR) is 130 cm³/mol. The summed E-state index contributed by atoms with van der Waals surface area (Å²) >= 11 is 0. The fourth-order valence-electron chi connectivity index (χ4n) is 4.33. The van der Waals surface area contributed by atoms with Gasteiger partial charge in [0, 0.05) is 19.6 Å². The number of hydrazone groups is 1. The molecule has 1 aliphatic carbocycles. The van der Waals surface area contributed by atoms with E-state index in [-0.39, 0.29) is 13.0 Å². The number of ether oxygens (including phenoxy) is 1. The first-order valence-electron chi connectivity index (χ1n) is 11.8. The Hall–Kier alpha value is -3.28. The lowest BCUT2D eigenvalue weighted by Gasteiger charge is -2.31. The number of amides is 1. The second kappa shape index (κ2) is 11.8. The van der Waals surface area contributed by atoms with Crippen LogP contribution in [0.4, 0.5) is 13.2 Å². The van der Waals surface area contributed by atoms with Crippen molar-refractivity contribution in [3.63, 3.8) is 0 Å². The van der Waals surface area contributed by atoms with Gasteiger partial charge in [0.25, 0.3) is 0 Å². The molecule has 4 atom stereocenters. The van der Waals surface area contributed by atoms with Gasteiger partial charge in [-0.1, -0.05) is 0 Å². The van der Waals surface area contributed by atoms with E-state index in [1.165, 1.54) is 13.3 Å². The van der Waals surface area contributed by atoms with Crippen LogP contribution in [0.2, 0.25) is 0 Å². The van der Waals surface area contributed by atoms with Crippen LogP contribution in [-0.4, -0.2) is 92.9 Å². The van der Waals surface area contributed by atoms with Crippen LogP contribution >= 0.6 is 0 Å². The highest BCUT2D eigenvalue weighted by atomic mass is 32.2. The summed E-state index contributed by atoms with van der Waals surface area (Å²) in [7, 11) is -4.43. The molecule has 2 aliphatic rings. The summed E-state index contributed by atoms with van der Waals surface area (Å²) in [4.78, 5) is 38.6. The standard InChI is InChI=1S/C22H29F3N6O7S/c1-13(30-39(36,37)16-4-2-14(3-5-16)22(23,24)25)19(34)21(28-10-18(32)33)8-17(21)20(35)27-9-15-11-31(12-29-26)6-7-38-15/h2-5,12-13,15,17,28,30H,6-11,26H2,1H3,(H,27,35)(H,32,33)/t13-,15+,17+,21?/m0/s1. The fraction of sp³-hybridized carbons (Fsp3) is 0.545. The molecule has 1 aliphatic heterocycles. The van der Waals surface area contributed by atoms with Crippen molar-refractivity contribution in [1.29, 1.82) is 0 Å². The van der Waals surface area contributed by atoms with Crippen molar-refractivity contribution in [3.05, 3.63) is 29.8 Å². The van der Waals surface area contributed by atoms with Crippen molar-refractivity contribution < 1.29 is 45.8 Å². The molecular weight excluding hydrogens is 549 g/mol. The smallest absolute Gasteiger partial charge is 0.416 e. The maximum atomic E-state index is 13.3. The van der Waals surface area contributed by atoms with E-state index in [1.54, 1.807) is 4.90 Å². The number of sulfonamides is 1. The highest BCUT2D eigenvalue weighted by molar-refractivity contribution is 7.89. The van der Waals surface area contributed by atoms with Crippen LogP contribution in [0.3, 0.4) is 0 Å². The second-order valence-corrected chi connectivity index (χ2v) is 10.9. The number of hydrogen-bond donors (Lipinski definition) is 5. The minimum Gasteiger partial charge on any atom is -0.480 e. The molecule has 1 saturated carbocycles. The highest BCUT2D eigenvalue weighted by Gasteiger charge is 2.64. The first kappa shape index (κ1) is 30.3. The van der Waals surface area contributed by atoms with Gasteiger partial charge in [0.1, 0.15) is 6.34 Å². The van der Waals surface area contributed by atoms with Crippen LogP contribution in [0.15, 0.2) is 34.3 Å². The summed E-state index contributed by atoms with van der Waals surface area (Å²) < 4.78 is 71.5. The number of carboxylic acids is 1. The van der Waals surface area contributed by atoms with Gasteiger partial charge in [-0.15, -0.1) is 0 Å². The van der Waals surface area contributed by atoms with Crippen LogP contribution in [0, 0.1) is 5.92 Å². The number of nitrogens with one attached hydrogen (secondary N) is 3. The first-order valence-corrected chi connectivity index (χ1v) is 13.3. The monoisotopic (exact) mass is 578 g/mol. The van der Waals surface area contributed by atoms with Gasteiger partial charge in [0.15, 0.2) is 5.78 Å². The number of nitrogens with two attached hydrogens (primary N) is 1. The van der Waals surface area contributed by atoms with Crippen LogP contribution in [-0.2, 0) is 35.3 Å².